The fourth-order valence-electron chi connectivity index (χ4n) is 2.01. The minimum atomic E-state index is -0.213. The van der Waals surface area contributed by atoms with E-state index in [1.165, 1.54) is 29.7 Å². The Morgan fingerprint density at radius 2 is 2.05 bits per heavy atom. The molecule has 1 rings (SSSR count). The Balaban J connectivity index is 2.42. The number of aromatic nitrogens is 2. The van der Waals surface area contributed by atoms with Gasteiger partial charge in [0.2, 0.25) is 0 Å². The number of nitrogens with zero attached hydrogens (tertiary/aromatic N) is 2. The summed E-state index contributed by atoms with van der Waals surface area (Å²) in [7, 11) is 0. The quantitative estimate of drug-likeness (QED) is 0.661. The van der Waals surface area contributed by atoms with Gasteiger partial charge in [0.15, 0.2) is 0 Å². The molecule has 21 heavy (non-hydrogen) atoms. The molecule has 0 bridgehead atoms. The summed E-state index contributed by atoms with van der Waals surface area (Å²) in [5.41, 5.74) is 0.432. The number of hydrogen-bond acceptors (Lipinski definition) is 4. The summed E-state index contributed by atoms with van der Waals surface area (Å²) in [6.45, 7) is 5.51. The van der Waals surface area contributed by atoms with Crippen LogP contribution in [0.3, 0.4) is 0 Å². The molecule has 4 nitrogen and oxygen atoms in total. The number of rotatable bonds is 10. The fourth-order valence-corrected chi connectivity index (χ4v) is 2.72. The third-order valence-electron chi connectivity index (χ3n) is 3.11. The van der Waals surface area contributed by atoms with E-state index < -0.39 is 0 Å². The van der Waals surface area contributed by atoms with Crippen LogP contribution in [0.15, 0.2) is 11.0 Å². The molecule has 0 aliphatic carbocycles. The molecule has 0 radical (unpaired) electrons. The second-order valence-electron chi connectivity index (χ2n) is 5.59. The van der Waals surface area contributed by atoms with E-state index in [1.807, 2.05) is 25.6 Å². The van der Waals surface area contributed by atoms with E-state index in [0.717, 1.165) is 13.0 Å². The number of anilines is 1. The first-order valence-electron chi connectivity index (χ1n) is 7.54. The Kier molecular flexibility index (Phi) is 8.85. The van der Waals surface area contributed by atoms with Crippen molar-refractivity contribution in [3.8, 4) is 0 Å². The number of hydrogen-bond donors (Lipinski definition) is 1. The molecule has 0 spiro atoms. The second kappa shape index (κ2) is 10.1. The maximum absolute atomic E-state index is 12.1. The van der Waals surface area contributed by atoms with Crippen LogP contribution < -0.4 is 10.9 Å². The molecule has 0 aromatic carbocycles. The van der Waals surface area contributed by atoms with Gasteiger partial charge < -0.3 is 5.32 Å². The summed E-state index contributed by atoms with van der Waals surface area (Å²) in [6, 6.07) is 0. The first-order valence-corrected chi connectivity index (χ1v) is 9.32. The number of halogens is 1. The topological polar surface area (TPSA) is 46.9 Å². The van der Waals surface area contributed by atoms with Crippen molar-refractivity contribution in [2.24, 2.45) is 5.92 Å². The van der Waals surface area contributed by atoms with E-state index in [4.69, 9.17) is 11.6 Å². The van der Waals surface area contributed by atoms with Gasteiger partial charge in [0.1, 0.15) is 5.02 Å². The molecule has 1 aromatic heterocycles. The molecule has 0 amide bonds. The van der Waals surface area contributed by atoms with Crippen molar-refractivity contribution < 1.29 is 0 Å². The zero-order valence-corrected chi connectivity index (χ0v) is 14.8. The second-order valence-corrected chi connectivity index (χ2v) is 6.95. The van der Waals surface area contributed by atoms with E-state index in [9.17, 15) is 4.79 Å². The smallest absolute Gasteiger partial charge is 0.287 e. The molecule has 1 N–H and O–H groups in total. The summed E-state index contributed by atoms with van der Waals surface area (Å²) in [5, 5.41) is 7.63. The van der Waals surface area contributed by atoms with Crippen LogP contribution >= 0.6 is 23.4 Å². The summed E-state index contributed by atoms with van der Waals surface area (Å²) >= 11 is 8.02. The molecular weight excluding hydrogens is 306 g/mol. The van der Waals surface area contributed by atoms with Crippen molar-refractivity contribution in [1.29, 1.82) is 0 Å². The predicted molar refractivity (Wildman–Crippen MR) is 93.7 cm³/mol. The van der Waals surface area contributed by atoms with Crippen molar-refractivity contribution >= 4 is 29.1 Å². The van der Waals surface area contributed by atoms with Crippen LogP contribution in [0.25, 0.3) is 0 Å². The standard InChI is InChI=1S/C15H26ClN3OS/c1-12(2)11-19-15(20)14(16)13(10-18-19)17-8-6-4-5-7-9-21-3/h10,12,17H,4-9,11H2,1-3H3. The lowest BCUT2D eigenvalue weighted by atomic mass is 10.2. The van der Waals surface area contributed by atoms with Crippen LogP contribution in [-0.4, -0.2) is 28.3 Å². The van der Waals surface area contributed by atoms with Gasteiger partial charge in [0.05, 0.1) is 11.9 Å². The maximum atomic E-state index is 12.1. The van der Waals surface area contributed by atoms with Gasteiger partial charge in [-0.3, -0.25) is 4.79 Å². The SMILES string of the molecule is CSCCCCCCNc1cnn(CC(C)C)c(=O)c1Cl. The zero-order valence-electron chi connectivity index (χ0n) is 13.2. The average Bonchev–Trinajstić information content (AvgIpc) is 2.44. The highest BCUT2D eigenvalue weighted by Gasteiger charge is 2.09. The van der Waals surface area contributed by atoms with Gasteiger partial charge in [-0.15, -0.1) is 0 Å². The summed E-state index contributed by atoms with van der Waals surface area (Å²) < 4.78 is 1.43. The lowest BCUT2D eigenvalue weighted by Crippen LogP contribution is -2.26. The molecule has 120 valence electrons. The normalized spacial score (nSPS) is 11.1. The zero-order chi connectivity index (χ0) is 15.7. The predicted octanol–water partition coefficient (Wildman–Crippen LogP) is 3.89. The van der Waals surface area contributed by atoms with Crippen molar-refractivity contribution in [2.45, 2.75) is 46.1 Å². The highest BCUT2D eigenvalue weighted by molar-refractivity contribution is 7.98. The molecule has 0 unspecified atom stereocenters. The minimum absolute atomic E-state index is 0.213. The van der Waals surface area contributed by atoms with E-state index in [1.54, 1.807) is 6.20 Å². The van der Waals surface area contributed by atoms with Gasteiger partial charge in [-0.25, -0.2) is 4.68 Å². The van der Waals surface area contributed by atoms with Crippen LogP contribution in [0.5, 0.6) is 0 Å². The molecule has 0 aliphatic heterocycles. The summed E-state index contributed by atoms with van der Waals surface area (Å²) in [4.78, 5) is 12.1. The minimum Gasteiger partial charge on any atom is -0.382 e. The van der Waals surface area contributed by atoms with Gasteiger partial charge in [-0.1, -0.05) is 38.3 Å². The van der Waals surface area contributed by atoms with Crippen LogP contribution in [0.1, 0.15) is 39.5 Å². The van der Waals surface area contributed by atoms with Gasteiger partial charge >= 0.3 is 0 Å². The third-order valence-corrected chi connectivity index (χ3v) is 4.18. The van der Waals surface area contributed by atoms with Gasteiger partial charge in [0.25, 0.3) is 5.56 Å². The Labute approximate surface area is 136 Å². The fraction of sp³-hybridized carbons (Fsp3) is 0.733. The molecule has 0 aliphatic rings. The summed E-state index contributed by atoms with van der Waals surface area (Å²) in [5.74, 6) is 1.60. The van der Waals surface area contributed by atoms with E-state index in [2.05, 4.69) is 16.7 Å². The number of thioether (sulfide) groups is 1. The molecule has 1 heterocycles. The molecule has 0 saturated heterocycles. The molecule has 6 heteroatoms. The molecule has 1 aromatic rings. The first kappa shape index (κ1) is 18.4. The van der Waals surface area contributed by atoms with E-state index in [0.29, 0.717) is 18.2 Å². The largest absolute Gasteiger partial charge is 0.382 e. The van der Waals surface area contributed by atoms with Crippen molar-refractivity contribution in [1.82, 2.24) is 9.78 Å². The van der Waals surface area contributed by atoms with Gasteiger partial charge in [-0.05, 0) is 30.8 Å². The number of unbranched alkanes of at least 4 members (excludes halogenated alkanes) is 3. The third kappa shape index (κ3) is 6.74. The van der Waals surface area contributed by atoms with Crippen molar-refractivity contribution in [3.63, 3.8) is 0 Å². The number of nitrogens with one attached hydrogen (secondary N) is 1. The first-order chi connectivity index (χ1) is 10.1. The van der Waals surface area contributed by atoms with Crippen LogP contribution in [0, 0.1) is 5.92 Å². The Morgan fingerprint density at radius 1 is 1.33 bits per heavy atom. The van der Waals surface area contributed by atoms with Gasteiger partial charge in [-0.2, -0.15) is 16.9 Å². The van der Waals surface area contributed by atoms with Crippen molar-refractivity contribution in [2.75, 3.05) is 23.9 Å². The van der Waals surface area contributed by atoms with Crippen LogP contribution in [0.4, 0.5) is 5.69 Å². The summed E-state index contributed by atoms with van der Waals surface area (Å²) in [6.07, 6.45) is 8.60. The van der Waals surface area contributed by atoms with E-state index >= 15 is 0 Å². The monoisotopic (exact) mass is 331 g/mol. The Bertz CT molecular complexity index is 476. The van der Waals surface area contributed by atoms with Gasteiger partial charge in [0, 0.05) is 13.1 Å². The Hall–Kier alpha value is -0.680. The van der Waals surface area contributed by atoms with Crippen LogP contribution in [-0.2, 0) is 6.54 Å². The lowest BCUT2D eigenvalue weighted by molar-refractivity contribution is 0.464. The Morgan fingerprint density at radius 3 is 2.71 bits per heavy atom. The molecule has 0 atom stereocenters. The molecular formula is C15H26ClN3OS. The maximum Gasteiger partial charge on any atom is 0.287 e. The molecule has 0 fully saturated rings. The van der Waals surface area contributed by atoms with E-state index in [-0.39, 0.29) is 10.6 Å². The average molecular weight is 332 g/mol. The van der Waals surface area contributed by atoms with Crippen LogP contribution in [0.2, 0.25) is 5.02 Å². The highest BCUT2D eigenvalue weighted by atomic mass is 35.5. The molecule has 0 saturated carbocycles. The van der Waals surface area contributed by atoms with Crippen molar-refractivity contribution in [3.05, 3.63) is 21.6 Å². The highest BCUT2D eigenvalue weighted by Crippen LogP contribution is 2.16. The lowest BCUT2D eigenvalue weighted by Gasteiger charge is -2.11.